The highest BCUT2D eigenvalue weighted by atomic mass is 32.2. The van der Waals surface area contributed by atoms with Crippen molar-refractivity contribution in [1.29, 1.82) is 0 Å². The van der Waals surface area contributed by atoms with E-state index < -0.39 is 17.6 Å². The average Bonchev–Trinajstić information content (AvgIpc) is 3.31. The molecular weight excluding hydrogens is 349 g/mol. The van der Waals surface area contributed by atoms with Crippen molar-refractivity contribution >= 4 is 23.4 Å². The van der Waals surface area contributed by atoms with Crippen LogP contribution in [0.5, 0.6) is 0 Å². The summed E-state index contributed by atoms with van der Waals surface area (Å²) in [4.78, 5) is 4.35. The lowest BCUT2D eigenvalue weighted by Gasteiger charge is -2.31. The molecule has 1 aliphatic carbocycles. The molecule has 0 radical (unpaired) electrons. The topological polar surface area (TPSA) is 85.8 Å². The molecule has 24 heavy (non-hydrogen) atoms. The third-order valence-corrected chi connectivity index (χ3v) is 8.52. The highest BCUT2D eigenvalue weighted by molar-refractivity contribution is 7.89. The minimum atomic E-state index is -3.71. The van der Waals surface area contributed by atoms with E-state index in [4.69, 9.17) is 0 Å². The van der Waals surface area contributed by atoms with Crippen LogP contribution in [0, 0.1) is 0 Å². The maximum absolute atomic E-state index is 13.2. The van der Waals surface area contributed by atoms with Gasteiger partial charge < -0.3 is 0 Å². The molecule has 1 fully saturated rings. The SMILES string of the molecule is CN(C)P(=O)(Nc1ncc(C2CC2)cc1S(=O)(=O)N(C)C)N(C)C. The Morgan fingerprint density at radius 2 is 1.67 bits per heavy atom. The molecule has 136 valence electrons. The minimum Gasteiger partial charge on any atom is -0.296 e. The second-order valence-electron chi connectivity index (χ2n) is 6.53. The van der Waals surface area contributed by atoms with Gasteiger partial charge >= 0.3 is 7.59 Å². The first-order valence-electron chi connectivity index (χ1n) is 7.66. The molecule has 0 spiro atoms. The zero-order valence-corrected chi connectivity index (χ0v) is 16.7. The number of pyridine rings is 1. The fourth-order valence-corrected chi connectivity index (χ4v) is 4.94. The molecule has 0 aliphatic heterocycles. The van der Waals surface area contributed by atoms with Gasteiger partial charge in [-0.3, -0.25) is 9.65 Å². The van der Waals surface area contributed by atoms with Crippen LogP contribution in [-0.4, -0.2) is 69.3 Å². The van der Waals surface area contributed by atoms with Gasteiger partial charge in [-0.2, -0.15) is 0 Å². The summed E-state index contributed by atoms with van der Waals surface area (Å²) in [5.74, 6) is 0.482. The number of aromatic nitrogens is 1. The molecule has 0 aromatic carbocycles. The van der Waals surface area contributed by atoms with E-state index in [9.17, 15) is 13.0 Å². The van der Waals surface area contributed by atoms with Crippen LogP contribution in [-0.2, 0) is 14.6 Å². The van der Waals surface area contributed by atoms with Gasteiger partial charge in [0.25, 0.3) is 0 Å². The predicted octanol–water partition coefficient (Wildman–Crippen LogP) is 1.85. The molecule has 0 amide bonds. The Balaban J connectivity index is 2.55. The van der Waals surface area contributed by atoms with Crippen LogP contribution in [0.15, 0.2) is 17.2 Å². The van der Waals surface area contributed by atoms with Crippen molar-refractivity contribution in [3.05, 3.63) is 17.8 Å². The van der Waals surface area contributed by atoms with Gasteiger partial charge in [-0.25, -0.2) is 27.0 Å². The fourth-order valence-electron chi connectivity index (χ4n) is 2.27. The zero-order valence-electron chi connectivity index (χ0n) is 15.0. The van der Waals surface area contributed by atoms with E-state index in [1.165, 1.54) is 23.4 Å². The molecule has 1 aromatic rings. The van der Waals surface area contributed by atoms with E-state index in [2.05, 4.69) is 10.1 Å². The second kappa shape index (κ2) is 6.72. The standard InChI is InChI=1S/C14H26N5O3PS/c1-17(2)23(20,18(3)4)16-14-13(24(21,22)19(5)6)9-12(10-15-14)11-7-8-11/h9-11H,7-8H2,1-6H3,(H,15,16,20). The fraction of sp³-hybridized carbons (Fsp3) is 0.643. The zero-order chi connectivity index (χ0) is 18.3. The Labute approximate surface area is 144 Å². The van der Waals surface area contributed by atoms with Crippen molar-refractivity contribution in [2.24, 2.45) is 0 Å². The van der Waals surface area contributed by atoms with Crippen LogP contribution < -0.4 is 5.09 Å². The number of anilines is 1. The van der Waals surface area contributed by atoms with E-state index in [1.54, 1.807) is 40.5 Å². The first kappa shape index (κ1) is 19.3. The van der Waals surface area contributed by atoms with E-state index >= 15 is 0 Å². The van der Waals surface area contributed by atoms with Crippen LogP contribution in [0.25, 0.3) is 0 Å². The number of nitrogens with zero attached hydrogens (tertiary/aromatic N) is 4. The monoisotopic (exact) mass is 375 g/mol. The van der Waals surface area contributed by atoms with Gasteiger partial charge in [-0.05, 0) is 58.6 Å². The molecule has 0 saturated heterocycles. The van der Waals surface area contributed by atoms with Crippen LogP contribution in [0.4, 0.5) is 5.82 Å². The minimum absolute atomic E-state index is 0.0563. The molecule has 0 bridgehead atoms. The number of nitrogens with one attached hydrogen (secondary N) is 1. The smallest absolute Gasteiger partial charge is 0.296 e. The lowest BCUT2D eigenvalue weighted by atomic mass is 10.2. The summed E-state index contributed by atoms with van der Waals surface area (Å²) in [6.07, 6.45) is 3.76. The highest BCUT2D eigenvalue weighted by Gasteiger charge is 2.34. The summed E-state index contributed by atoms with van der Waals surface area (Å²) in [6.45, 7) is 0. The van der Waals surface area contributed by atoms with Gasteiger partial charge in [0.1, 0.15) is 4.90 Å². The van der Waals surface area contributed by atoms with Crippen molar-refractivity contribution in [2.45, 2.75) is 23.7 Å². The van der Waals surface area contributed by atoms with Gasteiger partial charge in [0.05, 0.1) is 0 Å². The summed E-state index contributed by atoms with van der Waals surface area (Å²) in [7, 11) is 2.76. The molecule has 0 atom stereocenters. The Hall–Kier alpha value is -0.990. The van der Waals surface area contributed by atoms with E-state index in [0.717, 1.165) is 22.7 Å². The van der Waals surface area contributed by atoms with Crippen molar-refractivity contribution in [2.75, 3.05) is 47.4 Å². The van der Waals surface area contributed by atoms with Crippen molar-refractivity contribution < 1.29 is 13.0 Å². The largest absolute Gasteiger partial charge is 0.308 e. The lowest BCUT2D eigenvalue weighted by molar-refractivity contribution is 0.453. The molecule has 1 heterocycles. The van der Waals surface area contributed by atoms with Gasteiger partial charge in [0.2, 0.25) is 10.0 Å². The highest BCUT2D eigenvalue weighted by Crippen LogP contribution is 2.50. The molecule has 8 nitrogen and oxygen atoms in total. The van der Waals surface area contributed by atoms with Gasteiger partial charge in [0.15, 0.2) is 5.82 Å². The maximum atomic E-state index is 13.2. The third-order valence-electron chi connectivity index (χ3n) is 4.02. The molecular formula is C14H26N5O3PS. The van der Waals surface area contributed by atoms with E-state index in [-0.39, 0.29) is 10.7 Å². The first-order chi connectivity index (χ1) is 11.0. The summed E-state index contributed by atoms with van der Waals surface area (Å²) in [6, 6.07) is 1.65. The maximum Gasteiger partial charge on any atom is 0.308 e. The lowest BCUT2D eigenvalue weighted by Crippen LogP contribution is -2.28. The molecule has 1 aromatic heterocycles. The predicted molar refractivity (Wildman–Crippen MR) is 95.7 cm³/mol. The van der Waals surface area contributed by atoms with Crippen LogP contribution in [0.1, 0.15) is 24.3 Å². The molecule has 1 N–H and O–H groups in total. The van der Waals surface area contributed by atoms with E-state index in [1.807, 2.05) is 0 Å². The number of hydrogen-bond donors (Lipinski definition) is 1. The Morgan fingerprint density at radius 3 is 2.08 bits per heavy atom. The number of rotatable bonds is 7. The average molecular weight is 375 g/mol. The summed E-state index contributed by atoms with van der Waals surface area (Å²) in [5.41, 5.74) is 0.908. The number of sulfonamides is 1. The van der Waals surface area contributed by atoms with Crippen LogP contribution >= 0.6 is 7.59 Å². The van der Waals surface area contributed by atoms with Gasteiger partial charge in [0, 0.05) is 20.3 Å². The molecule has 0 unspecified atom stereocenters. The number of hydrogen-bond acceptors (Lipinski definition) is 4. The van der Waals surface area contributed by atoms with Crippen molar-refractivity contribution in [3.8, 4) is 0 Å². The van der Waals surface area contributed by atoms with Crippen LogP contribution in [0.3, 0.4) is 0 Å². The van der Waals surface area contributed by atoms with Gasteiger partial charge in [-0.1, -0.05) is 0 Å². The Morgan fingerprint density at radius 1 is 1.12 bits per heavy atom. The Bertz CT molecular complexity index is 748. The van der Waals surface area contributed by atoms with Crippen molar-refractivity contribution in [3.63, 3.8) is 0 Å². The van der Waals surface area contributed by atoms with Crippen LogP contribution in [0.2, 0.25) is 0 Å². The Kier molecular flexibility index (Phi) is 5.42. The second-order valence-corrected chi connectivity index (χ2v) is 11.6. The molecule has 10 heteroatoms. The normalized spacial score (nSPS) is 16.2. The first-order valence-corrected chi connectivity index (χ1v) is 10.7. The third kappa shape index (κ3) is 3.65. The van der Waals surface area contributed by atoms with E-state index in [0.29, 0.717) is 5.92 Å². The molecule has 1 aliphatic rings. The quantitative estimate of drug-likeness (QED) is 0.728. The van der Waals surface area contributed by atoms with Crippen molar-refractivity contribution in [1.82, 2.24) is 18.6 Å². The summed E-state index contributed by atoms with van der Waals surface area (Å²) < 4.78 is 42.8. The molecule has 2 rings (SSSR count). The summed E-state index contributed by atoms with van der Waals surface area (Å²) >= 11 is 0. The molecule has 1 saturated carbocycles. The van der Waals surface area contributed by atoms with Gasteiger partial charge in [-0.15, -0.1) is 0 Å². The summed E-state index contributed by atoms with van der Waals surface area (Å²) in [5, 5.41) is 2.86.